The second kappa shape index (κ2) is 7.43. The predicted octanol–water partition coefficient (Wildman–Crippen LogP) is 2.03. The van der Waals surface area contributed by atoms with Gasteiger partial charge in [-0.1, -0.05) is 12.1 Å². The van der Waals surface area contributed by atoms with E-state index in [0.29, 0.717) is 24.3 Å². The molecule has 0 saturated carbocycles. The third-order valence-corrected chi connectivity index (χ3v) is 2.58. The first-order valence-corrected chi connectivity index (χ1v) is 5.84. The Kier molecular flexibility index (Phi) is 5.89. The first-order chi connectivity index (χ1) is 9.12. The third-order valence-electron chi connectivity index (χ3n) is 2.58. The molecule has 5 heteroatoms. The van der Waals surface area contributed by atoms with Crippen LogP contribution in [-0.4, -0.2) is 24.9 Å². The maximum Gasteiger partial charge on any atom is 0.409 e. The van der Waals surface area contributed by atoms with E-state index in [1.54, 1.807) is 24.3 Å². The van der Waals surface area contributed by atoms with Crippen molar-refractivity contribution in [1.82, 2.24) is 0 Å². The molecule has 0 atom stereocenters. The van der Waals surface area contributed by atoms with Gasteiger partial charge in [-0.2, -0.15) is 0 Å². The van der Waals surface area contributed by atoms with Crippen LogP contribution in [0.1, 0.15) is 18.4 Å². The number of carbonyl (C=O) groups excluding carboxylic acids is 1. The Bertz CT molecular complexity index is 445. The molecule has 0 saturated heterocycles. The minimum atomic E-state index is -0.875. The molecule has 0 heterocycles. The van der Waals surface area contributed by atoms with Gasteiger partial charge in [0.15, 0.2) is 0 Å². The summed E-state index contributed by atoms with van der Waals surface area (Å²) in [5.74, 6) is 1.87. The van der Waals surface area contributed by atoms with E-state index >= 15 is 0 Å². The molecule has 0 bridgehead atoms. The summed E-state index contributed by atoms with van der Waals surface area (Å²) in [6, 6.07) is 4.98. The molecule has 103 valence electrons. The number of amides is 1. The molecule has 19 heavy (non-hydrogen) atoms. The molecule has 1 radical (unpaired) electrons. The summed E-state index contributed by atoms with van der Waals surface area (Å²) in [6.07, 6.45) is 2.06. The van der Waals surface area contributed by atoms with Crippen LogP contribution >= 0.6 is 0 Å². The van der Waals surface area contributed by atoms with Crippen LogP contribution in [0.4, 0.5) is 4.79 Å². The lowest BCUT2D eigenvalue weighted by molar-refractivity contribution is 0.210. The fourth-order valence-electron chi connectivity index (χ4n) is 1.80. The fraction of sp³-hybridized carbons (Fsp3) is 0.286. The summed E-state index contributed by atoms with van der Waals surface area (Å²) in [5.41, 5.74) is 5.81. The van der Waals surface area contributed by atoms with Crippen LogP contribution in [0.2, 0.25) is 0 Å². The van der Waals surface area contributed by atoms with Crippen molar-refractivity contribution in [2.45, 2.75) is 12.8 Å². The van der Waals surface area contributed by atoms with Gasteiger partial charge in [-0.15, -0.1) is 6.58 Å². The van der Waals surface area contributed by atoms with E-state index in [4.69, 9.17) is 20.3 Å². The average Bonchev–Trinajstić information content (AvgIpc) is 2.37. The summed E-state index contributed by atoms with van der Waals surface area (Å²) < 4.78 is 10.1. The Morgan fingerprint density at radius 2 is 2.26 bits per heavy atom. The lowest BCUT2D eigenvalue weighted by atomic mass is 9.92. The van der Waals surface area contributed by atoms with Crippen LogP contribution in [0, 0.1) is 5.92 Å². The van der Waals surface area contributed by atoms with E-state index in [2.05, 4.69) is 6.58 Å². The number of nitrogens with two attached hydrogens (primary N) is 1. The Morgan fingerprint density at radius 1 is 1.53 bits per heavy atom. The highest BCUT2D eigenvalue weighted by molar-refractivity contribution is 5.68. The topological polar surface area (TPSA) is 81.8 Å². The van der Waals surface area contributed by atoms with Crippen LogP contribution in [0.3, 0.4) is 0 Å². The van der Waals surface area contributed by atoms with Crippen molar-refractivity contribution in [2.75, 3.05) is 13.7 Å². The highest BCUT2D eigenvalue weighted by Crippen LogP contribution is 2.33. The minimum absolute atomic E-state index is 0.0475. The van der Waals surface area contributed by atoms with Crippen molar-refractivity contribution in [2.24, 2.45) is 5.73 Å². The largest absolute Gasteiger partial charge is 0.496 e. The van der Waals surface area contributed by atoms with Gasteiger partial charge in [-0.05, 0) is 18.9 Å². The van der Waals surface area contributed by atoms with Crippen molar-refractivity contribution in [3.8, 4) is 11.5 Å². The van der Waals surface area contributed by atoms with Crippen LogP contribution in [0.5, 0.6) is 11.5 Å². The Morgan fingerprint density at radius 3 is 2.79 bits per heavy atom. The molecule has 1 aromatic rings. The van der Waals surface area contributed by atoms with Crippen LogP contribution < -0.4 is 15.2 Å². The summed E-state index contributed by atoms with van der Waals surface area (Å²) in [4.78, 5) is 10.7. The number of carbonyl (C=O) groups is 1. The summed E-state index contributed by atoms with van der Waals surface area (Å²) >= 11 is 0. The third kappa shape index (κ3) is 4.30. The Labute approximate surface area is 112 Å². The van der Waals surface area contributed by atoms with Gasteiger partial charge in [0.25, 0.3) is 0 Å². The van der Waals surface area contributed by atoms with Crippen molar-refractivity contribution < 1.29 is 19.4 Å². The number of primary amides is 1. The molecule has 0 aromatic heterocycles. The summed E-state index contributed by atoms with van der Waals surface area (Å²) in [5, 5.41) is 9.08. The zero-order valence-electron chi connectivity index (χ0n) is 10.9. The second-order valence-corrected chi connectivity index (χ2v) is 3.85. The molecule has 1 amide bonds. The number of hydrogen-bond donors (Lipinski definition) is 2. The van der Waals surface area contributed by atoms with Gasteiger partial charge in [-0.25, -0.2) is 4.79 Å². The van der Waals surface area contributed by atoms with Gasteiger partial charge in [0, 0.05) is 24.2 Å². The number of methoxy groups -OCH3 is 1. The van der Waals surface area contributed by atoms with Crippen LogP contribution in [0.25, 0.3) is 0 Å². The normalized spacial score (nSPS) is 10.3. The van der Waals surface area contributed by atoms with E-state index < -0.39 is 6.09 Å². The number of rotatable bonds is 7. The molecule has 1 rings (SSSR count). The van der Waals surface area contributed by atoms with Gasteiger partial charge in [-0.3, -0.25) is 0 Å². The fourth-order valence-corrected chi connectivity index (χ4v) is 1.80. The first kappa shape index (κ1) is 15.0. The van der Waals surface area contributed by atoms with E-state index in [1.165, 1.54) is 7.11 Å². The molecule has 0 aliphatic heterocycles. The molecule has 0 aliphatic rings. The average molecular weight is 264 g/mol. The van der Waals surface area contributed by atoms with E-state index in [-0.39, 0.29) is 6.61 Å². The molecule has 0 unspecified atom stereocenters. The first-order valence-electron chi connectivity index (χ1n) is 5.84. The predicted molar refractivity (Wildman–Crippen MR) is 72.1 cm³/mol. The van der Waals surface area contributed by atoms with Crippen LogP contribution in [0.15, 0.2) is 30.9 Å². The summed E-state index contributed by atoms with van der Waals surface area (Å²) in [7, 11) is 1.53. The molecular formula is C14H18NO4. The maximum absolute atomic E-state index is 10.7. The van der Waals surface area contributed by atoms with Crippen molar-refractivity contribution in [3.63, 3.8) is 0 Å². The number of aliphatic hydroxyl groups is 1. The highest BCUT2D eigenvalue weighted by Gasteiger charge is 2.16. The van der Waals surface area contributed by atoms with Crippen molar-refractivity contribution in [3.05, 3.63) is 42.3 Å². The molecule has 1 aromatic carbocycles. The molecule has 3 N–H and O–H groups in total. The van der Waals surface area contributed by atoms with E-state index in [0.717, 1.165) is 11.5 Å². The Hall–Kier alpha value is -2.01. The Balaban J connectivity index is 3.04. The van der Waals surface area contributed by atoms with Crippen molar-refractivity contribution >= 4 is 6.09 Å². The summed E-state index contributed by atoms with van der Waals surface area (Å²) in [6.45, 7) is 3.74. The smallest absolute Gasteiger partial charge is 0.409 e. The number of hydrogen-bond acceptors (Lipinski definition) is 4. The minimum Gasteiger partial charge on any atom is -0.496 e. The molecule has 0 aliphatic carbocycles. The quantitative estimate of drug-likeness (QED) is 0.738. The lowest BCUT2D eigenvalue weighted by Crippen LogP contribution is -2.16. The highest BCUT2D eigenvalue weighted by atomic mass is 16.5. The SMILES string of the molecule is C=CC[C](CCO)c1ccc(OC(N)=O)cc1OC. The zero-order valence-corrected chi connectivity index (χ0v) is 10.9. The number of ether oxygens (including phenoxy) is 2. The van der Waals surface area contributed by atoms with Crippen LogP contribution in [-0.2, 0) is 0 Å². The van der Waals surface area contributed by atoms with Gasteiger partial charge in [0.2, 0.25) is 0 Å². The van der Waals surface area contributed by atoms with Crippen molar-refractivity contribution in [1.29, 1.82) is 0 Å². The number of benzene rings is 1. The van der Waals surface area contributed by atoms with E-state index in [1.807, 2.05) is 0 Å². The monoisotopic (exact) mass is 264 g/mol. The maximum atomic E-state index is 10.7. The van der Waals surface area contributed by atoms with E-state index in [9.17, 15) is 4.79 Å². The zero-order chi connectivity index (χ0) is 14.3. The molecule has 5 nitrogen and oxygen atoms in total. The van der Waals surface area contributed by atoms with Gasteiger partial charge in [0.1, 0.15) is 11.5 Å². The molecular weight excluding hydrogens is 246 g/mol. The van der Waals surface area contributed by atoms with Gasteiger partial charge in [0.05, 0.1) is 7.11 Å². The second-order valence-electron chi connectivity index (χ2n) is 3.85. The molecule has 0 fully saturated rings. The standard InChI is InChI=1S/C14H18NO4/c1-3-4-10(7-8-16)12-6-5-11(19-14(15)17)9-13(12)18-2/h3,5-6,9,16H,1,4,7-8H2,2H3,(H2,15,17). The number of aliphatic hydroxyl groups excluding tert-OH is 1. The molecule has 0 spiro atoms. The van der Waals surface area contributed by atoms with Gasteiger partial charge < -0.3 is 20.3 Å². The van der Waals surface area contributed by atoms with Gasteiger partial charge >= 0.3 is 6.09 Å². The number of allylic oxidation sites excluding steroid dienone is 1. The lowest BCUT2D eigenvalue weighted by Gasteiger charge is -2.17.